The molecule has 0 aliphatic heterocycles. The lowest BCUT2D eigenvalue weighted by atomic mass is 9.77. The summed E-state index contributed by atoms with van der Waals surface area (Å²) < 4.78 is 0. The second kappa shape index (κ2) is 9.79. The molecule has 0 heterocycles. The number of rotatable bonds is 9. The highest BCUT2D eigenvalue weighted by Gasteiger charge is 2.37. The molecule has 0 saturated heterocycles. The summed E-state index contributed by atoms with van der Waals surface area (Å²) in [5, 5.41) is 5.59. The predicted molar refractivity (Wildman–Crippen MR) is 122 cm³/mol. The lowest BCUT2D eigenvalue weighted by molar-refractivity contribution is -0.129. The Bertz CT molecular complexity index is 909. The highest BCUT2D eigenvalue weighted by Crippen LogP contribution is 2.31. The normalized spacial score (nSPS) is 13.2. The minimum absolute atomic E-state index is 0.105. The molecule has 3 rings (SSSR count). The van der Waals surface area contributed by atoms with Crippen LogP contribution in [-0.2, 0) is 17.6 Å². The van der Waals surface area contributed by atoms with Crippen molar-refractivity contribution in [2.45, 2.75) is 32.6 Å². The van der Waals surface area contributed by atoms with Gasteiger partial charge in [0.15, 0.2) is 0 Å². The van der Waals surface area contributed by atoms with Crippen LogP contribution in [0.25, 0.3) is 10.8 Å². The molecule has 3 aromatic carbocycles. The van der Waals surface area contributed by atoms with Gasteiger partial charge in [-0.15, -0.1) is 0 Å². The van der Waals surface area contributed by atoms with Crippen LogP contribution in [0.3, 0.4) is 0 Å². The maximum absolute atomic E-state index is 13.3. The van der Waals surface area contributed by atoms with Crippen LogP contribution in [0.15, 0.2) is 72.8 Å². The van der Waals surface area contributed by atoms with Crippen LogP contribution in [0.1, 0.15) is 30.9 Å². The van der Waals surface area contributed by atoms with Crippen LogP contribution >= 0.6 is 12.6 Å². The molecule has 0 radical (unpaired) electrons. The quantitative estimate of drug-likeness (QED) is 0.368. The number of amides is 1. The summed E-state index contributed by atoms with van der Waals surface area (Å²) >= 11 is 4.66. The van der Waals surface area contributed by atoms with Crippen molar-refractivity contribution in [3.05, 3.63) is 83.9 Å². The average Bonchev–Trinajstić information content (AvgIpc) is 2.74. The Morgan fingerprint density at radius 1 is 0.893 bits per heavy atom. The number of thiol groups is 1. The largest absolute Gasteiger partial charge is 0.356 e. The van der Waals surface area contributed by atoms with E-state index in [1.54, 1.807) is 0 Å². The Morgan fingerprint density at radius 2 is 1.57 bits per heavy atom. The van der Waals surface area contributed by atoms with Gasteiger partial charge < -0.3 is 5.32 Å². The van der Waals surface area contributed by atoms with Crippen molar-refractivity contribution < 1.29 is 4.79 Å². The predicted octanol–water partition coefficient (Wildman–Crippen LogP) is 5.46. The van der Waals surface area contributed by atoms with E-state index in [0.29, 0.717) is 18.6 Å². The van der Waals surface area contributed by atoms with E-state index in [1.807, 2.05) is 18.2 Å². The molecule has 3 heteroatoms. The van der Waals surface area contributed by atoms with E-state index in [9.17, 15) is 4.79 Å². The van der Waals surface area contributed by atoms with Gasteiger partial charge in [-0.25, -0.2) is 0 Å². The van der Waals surface area contributed by atoms with Gasteiger partial charge in [0.25, 0.3) is 0 Å². The number of hydrogen-bond donors (Lipinski definition) is 2. The molecule has 1 amide bonds. The van der Waals surface area contributed by atoms with Gasteiger partial charge >= 0.3 is 0 Å². The van der Waals surface area contributed by atoms with E-state index < -0.39 is 5.41 Å². The first kappa shape index (κ1) is 20.5. The lowest BCUT2D eigenvalue weighted by Gasteiger charge is -2.31. The Labute approximate surface area is 173 Å². The fourth-order valence-corrected chi connectivity index (χ4v) is 4.07. The second-order valence-corrected chi connectivity index (χ2v) is 7.88. The smallest absolute Gasteiger partial charge is 0.227 e. The van der Waals surface area contributed by atoms with Crippen molar-refractivity contribution >= 4 is 29.3 Å². The zero-order valence-electron chi connectivity index (χ0n) is 16.5. The van der Waals surface area contributed by atoms with Crippen molar-refractivity contribution in [1.29, 1.82) is 0 Å². The molecule has 0 aliphatic rings. The topological polar surface area (TPSA) is 29.1 Å². The van der Waals surface area contributed by atoms with E-state index in [2.05, 4.69) is 79.5 Å². The molecular formula is C25H29NOS. The van der Waals surface area contributed by atoms with Crippen LogP contribution in [-0.4, -0.2) is 18.2 Å². The van der Waals surface area contributed by atoms with Gasteiger partial charge in [0, 0.05) is 12.3 Å². The fourth-order valence-electron chi connectivity index (χ4n) is 3.70. The molecule has 146 valence electrons. The molecule has 28 heavy (non-hydrogen) atoms. The number of carbonyl (C=O) groups excluding carboxylic acids is 1. The molecule has 0 saturated carbocycles. The van der Waals surface area contributed by atoms with Gasteiger partial charge in [0.2, 0.25) is 5.91 Å². The molecule has 0 bridgehead atoms. The molecule has 1 atom stereocenters. The molecule has 1 unspecified atom stereocenters. The van der Waals surface area contributed by atoms with E-state index in [4.69, 9.17) is 0 Å². The molecule has 3 aromatic rings. The van der Waals surface area contributed by atoms with E-state index in [1.165, 1.54) is 21.9 Å². The number of fused-ring (bicyclic) bond motifs is 1. The summed E-state index contributed by atoms with van der Waals surface area (Å²) in [5.74, 6) is 0.611. The molecule has 0 spiro atoms. The number of hydrogen-bond acceptors (Lipinski definition) is 2. The third-order valence-corrected chi connectivity index (χ3v) is 5.95. The summed E-state index contributed by atoms with van der Waals surface area (Å²) in [6, 6.07) is 25.1. The third-order valence-electron chi connectivity index (χ3n) is 5.34. The number of benzene rings is 3. The first-order chi connectivity index (χ1) is 13.7. The highest BCUT2D eigenvalue weighted by atomic mass is 32.1. The molecule has 1 N–H and O–H groups in total. The van der Waals surface area contributed by atoms with Gasteiger partial charge in [-0.05, 0) is 41.2 Å². The Hall–Kier alpha value is -2.26. The summed E-state index contributed by atoms with van der Waals surface area (Å²) in [7, 11) is 0. The molecule has 0 fully saturated rings. The fraction of sp³-hybridized carbons (Fsp3) is 0.320. The standard InChI is InChI=1S/C25H29NOS/c1-2-3-15-26-24(27)25(19-28,17-20-9-5-4-6-10-20)18-21-13-14-22-11-7-8-12-23(22)16-21/h4-14,16,28H,2-3,15,17-19H2,1H3,(H,26,27). The molecular weight excluding hydrogens is 362 g/mol. The Balaban J connectivity index is 1.91. The maximum Gasteiger partial charge on any atom is 0.227 e. The van der Waals surface area contributed by atoms with Gasteiger partial charge in [0.05, 0.1) is 5.41 Å². The summed E-state index contributed by atoms with van der Waals surface area (Å²) in [6.07, 6.45) is 3.42. The van der Waals surface area contributed by atoms with E-state index in [-0.39, 0.29) is 5.91 Å². The van der Waals surface area contributed by atoms with Crippen molar-refractivity contribution in [3.63, 3.8) is 0 Å². The van der Waals surface area contributed by atoms with Crippen LogP contribution in [0.5, 0.6) is 0 Å². The van der Waals surface area contributed by atoms with Crippen molar-refractivity contribution in [1.82, 2.24) is 5.32 Å². The first-order valence-corrected chi connectivity index (χ1v) is 10.7. The lowest BCUT2D eigenvalue weighted by Crippen LogP contribution is -2.46. The Morgan fingerprint density at radius 3 is 2.29 bits per heavy atom. The van der Waals surface area contributed by atoms with Crippen LogP contribution in [0.2, 0.25) is 0 Å². The van der Waals surface area contributed by atoms with Crippen molar-refractivity contribution in [3.8, 4) is 0 Å². The molecule has 0 aromatic heterocycles. The van der Waals surface area contributed by atoms with E-state index >= 15 is 0 Å². The first-order valence-electron chi connectivity index (χ1n) is 10.1. The minimum atomic E-state index is -0.569. The van der Waals surface area contributed by atoms with Crippen molar-refractivity contribution in [2.75, 3.05) is 12.3 Å². The van der Waals surface area contributed by atoms with Crippen molar-refractivity contribution in [2.24, 2.45) is 5.41 Å². The minimum Gasteiger partial charge on any atom is -0.356 e. The number of nitrogens with one attached hydrogen (secondary N) is 1. The highest BCUT2D eigenvalue weighted by molar-refractivity contribution is 7.80. The maximum atomic E-state index is 13.3. The average molecular weight is 392 g/mol. The van der Waals surface area contributed by atoms with Gasteiger partial charge in [-0.1, -0.05) is 86.1 Å². The summed E-state index contributed by atoms with van der Waals surface area (Å²) in [4.78, 5) is 13.3. The summed E-state index contributed by atoms with van der Waals surface area (Å²) in [6.45, 7) is 2.86. The van der Waals surface area contributed by atoms with Gasteiger partial charge in [-0.3, -0.25) is 4.79 Å². The van der Waals surface area contributed by atoms with Crippen LogP contribution in [0, 0.1) is 5.41 Å². The number of carbonyl (C=O) groups is 1. The molecule has 2 nitrogen and oxygen atoms in total. The van der Waals surface area contributed by atoms with Gasteiger partial charge in [-0.2, -0.15) is 12.6 Å². The van der Waals surface area contributed by atoms with Gasteiger partial charge in [0.1, 0.15) is 0 Å². The van der Waals surface area contributed by atoms with E-state index in [0.717, 1.165) is 19.4 Å². The molecule has 0 aliphatic carbocycles. The summed E-state index contributed by atoms with van der Waals surface area (Å²) in [5.41, 5.74) is 1.78. The van der Waals surface area contributed by atoms with Crippen LogP contribution < -0.4 is 5.32 Å². The third kappa shape index (κ3) is 4.96. The second-order valence-electron chi connectivity index (χ2n) is 7.57. The zero-order chi connectivity index (χ0) is 19.8. The van der Waals surface area contributed by atoms with Crippen LogP contribution in [0.4, 0.5) is 0 Å². The number of unbranched alkanes of at least 4 members (excludes halogenated alkanes) is 1. The zero-order valence-corrected chi connectivity index (χ0v) is 17.4. The SMILES string of the molecule is CCCCNC(=O)C(CS)(Cc1ccccc1)Cc1ccc2ccccc2c1. The Kier molecular flexibility index (Phi) is 7.16. The monoisotopic (exact) mass is 391 g/mol.